The fourth-order valence-corrected chi connectivity index (χ4v) is 3.96. The molecule has 3 heterocycles. The fourth-order valence-electron chi connectivity index (χ4n) is 3.96. The molecule has 3 aromatic rings. The third-order valence-electron chi connectivity index (χ3n) is 5.36. The highest BCUT2D eigenvalue weighted by Crippen LogP contribution is 2.25. The Balaban J connectivity index is 1.68. The molecule has 1 amide bonds. The smallest absolute Gasteiger partial charge is 0.255 e. The van der Waals surface area contributed by atoms with Crippen LogP contribution in [0.3, 0.4) is 0 Å². The number of hydrogen-bond acceptors (Lipinski definition) is 4. The van der Waals surface area contributed by atoms with Crippen LogP contribution in [0, 0.1) is 6.92 Å². The molecule has 1 aliphatic rings. The van der Waals surface area contributed by atoms with E-state index in [9.17, 15) is 9.90 Å². The molecule has 142 valence electrons. The van der Waals surface area contributed by atoms with Crippen molar-refractivity contribution in [1.82, 2.24) is 24.6 Å². The van der Waals surface area contributed by atoms with Gasteiger partial charge in [-0.25, -0.2) is 0 Å². The highest BCUT2D eigenvalue weighted by Gasteiger charge is 2.26. The van der Waals surface area contributed by atoms with Crippen LogP contribution >= 0.6 is 0 Å². The fraction of sp³-hybridized carbons (Fsp3) is 0.450. The van der Waals surface area contributed by atoms with Crippen molar-refractivity contribution in [3.05, 3.63) is 47.5 Å². The summed E-state index contributed by atoms with van der Waals surface area (Å²) in [5.74, 6) is -0.172. The Hall–Kier alpha value is -2.67. The van der Waals surface area contributed by atoms with Crippen molar-refractivity contribution >= 4 is 16.9 Å². The predicted octanol–water partition coefficient (Wildman–Crippen LogP) is 2.16. The molecule has 7 heteroatoms. The zero-order valence-electron chi connectivity index (χ0n) is 15.7. The predicted molar refractivity (Wildman–Crippen MR) is 103 cm³/mol. The number of carbonyl (C=O) groups excluding carboxylic acids is 1. The number of rotatable bonds is 4. The molecule has 0 spiro atoms. The number of aliphatic hydroxyl groups is 1. The van der Waals surface area contributed by atoms with Gasteiger partial charge in [0, 0.05) is 31.2 Å². The number of carbonyl (C=O) groups is 1. The summed E-state index contributed by atoms with van der Waals surface area (Å²) in [4.78, 5) is 17.4. The van der Waals surface area contributed by atoms with Crippen molar-refractivity contribution in [3.63, 3.8) is 0 Å². The van der Waals surface area contributed by atoms with Crippen molar-refractivity contribution in [2.24, 2.45) is 7.05 Å². The molecule has 0 aromatic carbocycles. The molecule has 27 heavy (non-hydrogen) atoms. The van der Waals surface area contributed by atoms with Gasteiger partial charge in [-0.3, -0.25) is 14.5 Å². The lowest BCUT2D eigenvalue weighted by atomic mass is 9.92. The third-order valence-corrected chi connectivity index (χ3v) is 5.36. The van der Waals surface area contributed by atoms with Crippen LogP contribution in [0.5, 0.6) is 0 Å². The first-order valence-electron chi connectivity index (χ1n) is 9.44. The van der Waals surface area contributed by atoms with E-state index in [1.807, 2.05) is 38.6 Å². The van der Waals surface area contributed by atoms with Gasteiger partial charge in [0.25, 0.3) is 5.91 Å². The van der Waals surface area contributed by atoms with E-state index in [1.165, 1.54) is 0 Å². The lowest BCUT2D eigenvalue weighted by molar-refractivity contribution is 0.0718. The minimum absolute atomic E-state index is 0.172. The highest BCUT2D eigenvalue weighted by atomic mass is 16.3. The first kappa shape index (κ1) is 17.7. The van der Waals surface area contributed by atoms with Crippen LogP contribution in [0.2, 0.25) is 0 Å². The molecule has 1 fully saturated rings. The van der Waals surface area contributed by atoms with Crippen molar-refractivity contribution in [3.8, 4) is 0 Å². The SMILES string of the molecule is Cc1ccnc2c(C(=O)N[C@H]3CCCC[C@@H]3O)cn(Cc3cnn(C)c3)c12. The van der Waals surface area contributed by atoms with E-state index in [0.717, 1.165) is 42.3 Å². The zero-order valence-corrected chi connectivity index (χ0v) is 15.7. The van der Waals surface area contributed by atoms with Gasteiger partial charge in [-0.05, 0) is 31.4 Å². The second-order valence-corrected chi connectivity index (χ2v) is 7.45. The molecule has 0 bridgehead atoms. The summed E-state index contributed by atoms with van der Waals surface area (Å²) in [6.07, 6.45) is 10.5. The minimum atomic E-state index is -0.471. The van der Waals surface area contributed by atoms with E-state index in [-0.39, 0.29) is 11.9 Å². The van der Waals surface area contributed by atoms with Gasteiger partial charge in [0.1, 0.15) is 5.52 Å². The number of aliphatic hydroxyl groups excluding tert-OH is 1. The molecule has 7 nitrogen and oxygen atoms in total. The van der Waals surface area contributed by atoms with Crippen LogP contribution in [0.25, 0.3) is 11.0 Å². The molecule has 0 radical (unpaired) electrons. The minimum Gasteiger partial charge on any atom is -0.391 e. The summed E-state index contributed by atoms with van der Waals surface area (Å²) in [6, 6.07) is 1.77. The number of nitrogens with zero attached hydrogens (tertiary/aromatic N) is 4. The monoisotopic (exact) mass is 367 g/mol. The summed E-state index contributed by atoms with van der Waals surface area (Å²) in [5.41, 5.74) is 4.33. The van der Waals surface area contributed by atoms with Gasteiger partial charge >= 0.3 is 0 Å². The number of aromatic nitrogens is 4. The van der Waals surface area contributed by atoms with Crippen molar-refractivity contribution in [2.75, 3.05) is 0 Å². The zero-order chi connectivity index (χ0) is 19.0. The van der Waals surface area contributed by atoms with Crippen molar-refractivity contribution < 1.29 is 9.90 Å². The summed E-state index contributed by atoms with van der Waals surface area (Å²) in [7, 11) is 1.89. The third kappa shape index (κ3) is 3.47. The van der Waals surface area contributed by atoms with E-state index in [2.05, 4.69) is 20.0 Å². The molecule has 2 N–H and O–H groups in total. The normalized spacial score (nSPS) is 20.1. The van der Waals surface area contributed by atoms with Crippen molar-refractivity contribution in [2.45, 2.75) is 51.3 Å². The molecule has 4 rings (SSSR count). The largest absolute Gasteiger partial charge is 0.391 e. The Morgan fingerprint density at radius 1 is 1.33 bits per heavy atom. The topological polar surface area (TPSA) is 85.0 Å². The number of amides is 1. The Morgan fingerprint density at radius 2 is 2.15 bits per heavy atom. The van der Waals surface area contributed by atoms with Crippen LogP contribution < -0.4 is 5.32 Å². The van der Waals surface area contributed by atoms with Gasteiger partial charge in [-0.1, -0.05) is 12.8 Å². The number of nitrogens with one attached hydrogen (secondary N) is 1. The van der Waals surface area contributed by atoms with Crippen LogP contribution in [0.1, 0.15) is 47.2 Å². The maximum atomic E-state index is 13.0. The Kier molecular flexibility index (Phi) is 4.70. The van der Waals surface area contributed by atoms with E-state index in [0.29, 0.717) is 17.6 Å². The summed E-state index contributed by atoms with van der Waals surface area (Å²) in [6.45, 7) is 2.65. The second-order valence-electron chi connectivity index (χ2n) is 7.45. The maximum Gasteiger partial charge on any atom is 0.255 e. The lowest BCUT2D eigenvalue weighted by Gasteiger charge is -2.28. The molecular weight excluding hydrogens is 342 g/mol. The summed E-state index contributed by atoms with van der Waals surface area (Å²) in [5, 5.41) is 17.4. The van der Waals surface area contributed by atoms with E-state index in [4.69, 9.17) is 0 Å². The lowest BCUT2D eigenvalue weighted by Crippen LogP contribution is -2.45. The van der Waals surface area contributed by atoms with E-state index < -0.39 is 6.10 Å². The summed E-state index contributed by atoms with van der Waals surface area (Å²) < 4.78 is 3.82. The van der Waals surface area contributed by atoms with Gasteiger partial charge in [-0.15, -0.1) is 0 Å². The number of fused-ring (bicyclic) bond motifs is 1. The highest BCUT2D eigenvalue weighted by molar-refractivity contribution is 6.06. The van der Waals surface area contributed by atoms with E-state index >= 15 is 0 Å². The van der Waals surface area contributed by atoms with Crippen LogP contribution in [0.15, 0.2) is 30.9 Å². The van der Waals surface area contributed by atoms with Crippen LogP contribution in [-0.4, -0.2) is 42.5 Å². The van der Waals surface area contributed by atoms with Gasteiger partial charge in [0.15, 0.2) is 0 Å². The van der Waals surface area contributed by atoms with Crippen molar-refractivity contribution in [1.29, 1.82) is 0 Å². The average molecular weight is 367 g/mol. The Bertz CT molecular complexity index is 974. The van der Waals surface area contributed by atoms with Gasteiger partial charge in [-0.2, -0.15) is 5.10 Å². The second kappa shape index (κ2) is 7.15. The first-order valence-corrected chi connectivity index (χ1v) is 9.44. The maximum absolute atomic E-state index is 13.0. The number of hydrogen-bond donors (Lipinski definition) is 2. The molecule has 2 atom stereocenters. The molecule has 3 aromatic heterocycles. The van der Waals surface area contributed by atoms with Gasteiger partial charge in [0.2, 0.25) is 0 Å². The molecule has 0 unspecified atom stereocenters. The Labute approximate surface area is 158 Å². The molecule has 0 saturated heterocycles. The first-order chi connectivity index (χ1) is 13.0. The Morgan fingerprint density at radius 3 is 2.89 bits per heavy atom. The van der Waals surface area contributed by atoms with Crippen LogP contribution in [0.4, 0.5) is 0 Å². The quantitative estimate of drug-likeness (QED) is 0.740. The molecule has 0 aliphatic heterocycles. The van der Waals surface area contributed by atoms with Crippen LogP contribution in [-0.2, 0) is 13.6 Å². The summed E-state index contributed by atoms with van der Waals surface area (Å²) >= 11 is 0. The molecule has 1 aliphatic carbocycles. The average Bonchev–Trinajstić information content (AvgIpc) is 3.22. The van der Waals surface area contributed by atoms with Gasteiger partial charge in [0.05, 0.1) is 36.0 Å². The standard InChI is InChI=1S/C20H25N5O2/c1-13-7-8-21-18-15(20(27)23-16-5-3-4-6-17(16)26)12-25(19(13)18)11-14-9-22-24(2)10-14/h7-10,12,16-17,26H,3-6,11H2,1-2H3,(H,23,27)/t16-,17-/m0/s1. The molecule has 1 saturated carbocycles. The molecular formula is C20H25N5O2. The van der Waals surface area contributed by atoms with Gasteiger partial charge < -0.3 is 15.0 Å². The number of pyridine rings is 1. The van der Waals surface area contributed by atoms with E-state index in [1.54, 1.807) is 10.9 Å². The number of aryl methyl sites for hydroxylation is 2.